The highest BCUT2D eigenvalue weighted by Crippen LogP contribution is 2.32. The summed E-state index contributed by atoms with van der Waals surface area (Å²) in [5, 5.41) is 3.19. The fraction of sp³-hybridized carbons (Fsp3) is 0.562. The van der Waals surface area contributed by atoms with E-state index in [-0.39, 0.29) is 24.4 Å². The summed E-state index contributed by atoms with van der Waals surface area (Å²) in [7, 11) is 0. The summed E-state index contributed by atoms with van der Waals surface area (Å²) in [6.45, 7) is 0. The fourth-order valence-corrected chi connectivity index (χ4v) is 3.44. The molecule has 2 aliphatic rings. The molecule has 0 spiro atoms. The third-order valence-electron chi connectivity index (χ3n) is 4.62. The van der Waals surface area contributed by atoms with Gasteiger partial charge in [-0.3, -0.25) is 4.79 Å². The standard InChI is InChI=1S/C16H22N2O.ClH/c17-16(10-3-4-11-16)15(19)18-14-9-5-7-12-6-1-2-8-13(12)14;/h1-2,6,8,14H,3-5,7,9-11,17H2,(H,18,19);1H. The number of carbonyl (C=O) groups is 1. The summed E-state index contributed by atoms with van der Waals surface area (Å²) >= 11 is 0. The molecule has 4 heteroatoms. The molecule has 3 N–H and O–H groups in total. The van der Waals surface area contributed by atoms with E-state index in [4.69, 9.17) is 5.73 Å². The van der Waals surface area contributed by atoms with Crippen molar-refractivity contribution >= 4 is 18.3 Å². The van der Waals surface area contributed by atoms with Gasteiger partial charge in [0.1, 0.15) is 0 Å². The number of amides is 1. The SMILES string of the molecule is Cl.NC1(C(=O)NC2CCCc3ccccc32)CCCC1. The van der Waals surface area contributed by atoms with E-state index < -0.39 is 5.54 Å². The van der Waals surface area contributed by atoms with Gasteiger partial charge in [-0.2, -0.15) is 0 Å². The first-order valence-electron chi connectivity index (χ1n) is 7.37. The molecule has 1 amide bonds. The van der Waals surface area contributed by atoms with E-state index in [1.165, 1.54) is 11.1 Å². The summed E-state index contributed by atoms with van der Waals surface area (Å²) in [6.07, 6.45) is 7.09. The van der Waals surface area contributed by atoms with Gasteiger partial charge in [-0.05, 0) is 43.2 Å². The zero-order valence-corrected chi connectivity index (χ0v) is 12.5. The lowest BCUT2D eigenvalue weighted by Gasteiger charge is -2.30. The quantitative estimate of drug-likeness (QED) is 0.881. The molecule has 1 aromatic carbocycles. The van der Waals surface area contributed by atoms with Crippen molar-refractivity contribution in [2.75, 3.05) is 0 Å². The summed E-state index contributed by atoms with van der Waals surface area (Å²) in [5.74, 6) is 0.0479. The van der Waals surface area contributed by atoms with Crippen LogP contribution in [0, 0.1) is 0 Å². The highest BCUT2D eigenvalue weighted by Gasteiger charge is 2.38. The second-order valence-electron chi connectivity index (χ2n) is 5.98. The Balaban J connectivity index is 0.00000147. The number of hydrogen-bond acceptors (Lipinski definition) is 2. The zero-order chi connectivity index (χ0) is 13.3. The Bertz CT molecular complexity index is 483. The molecule has 0 aromatic heterocycles. The van der Waals surface area contributed by atoms with Crippen LogP contribution in [0.4, 0.5) is 0 Å². The van der Waals surface area contributed by atoms with Crippen molar-refractivity contribution < 1.29 is 4.79 Å². The Morgan fingerprint density at radius 2 is 1.90 bits per heavy atom. The largest absolute Gasteiger partial charge is 0.348 e. The smallest absolute Gasteiger partial charge is 0.240 e. The van der Waals surface area contributed by atoms with Crippen molar-refractivity contribution in [2.45, 2.75) is 56.5 Å². The molecular weight excluding hydrogens is 272 g/mol. The molecule has 1 aromatic rings. The lowest BCUT2D eigenvalue weighted by Crippen LogP contribution is -2.52. The summed E-state index contributed by atoms with van der Waals surface area (Å²) in [6, 6.07) is 8.58. The van der Waals surface area contributed by atoms with Crippen molar-refractivity contribution in [3.05, 3.63) is 35.4 Å². The Labute approximate surface area is 126 Å². The molecule has 2 aliphatic carbocycles. The van der Waals surface area contributed by atoms with Crippen molar-refractivity contribution in [3.8, 4) is 0 Å². The molecule has 3 nitrogen and oxygen atoms in total. The van der Waals surface area contributed by atoms with Crippen LogP contribution in [0.25, 0.3) is 0 Å². The van der Waals surface area contributed by atoms with Crippen molar-refractivity contribution in [3.63, 3.8) is 0 Å². The number of nitrogens with one attached hydrogen (secondary N) is 1. The third-order valence-corrected chi connectivity index (χ3v) is 4.62. The van der Waals surface area contributed by atoms with Gasteiger partial charge in [0.15, 0.2) is 0 Å². The first-order chi connectivity index (χ1) is 9.19. The maximum atomic E-state index is 12.4. The average molecular weight is 295 g/mol. The monoisotopic (exact) mass is 294 g/mol. The van der Waals surface area contributed by atoms with E-state index in [0.717, 1.165) is 44.9 Å². The number of aryl methyl sites for hydroxylation is 1. The van der Waals surface area contributed by atoms with Gasteiger partial charge < -0.3 is 11.1 Å². The van der Waals surface area contributed by atoms with Gasteiger partial charge in [-0.1, -0.05) is 37.1 Å². The Morgan fingerprint density at radius 1 is 1.20 bits per heavy atom. The van der Waals surface area contributed by atoms with E-state index in [1.807, 2.05) is 0 Å². The van der Waals surface area contributed by atoms with Crippen molar-refractivity contribution in [2.24, 2.45) is 5.73 Å². The van der Waals surface area contributed by atoms with Crippen LogP contribution in [0.5, 0.6) is 0 Å². The second kappa shape index (κ2) is 6.15. The maximum Gasteiger partial charge on any atom is 0.240 e. The third kappa shape index (κ3) is 2.84. The number of nitrogens with two attached hydrogens (primary N) is 1. The van der Waals surface area contributed by atoms with Crippen LogP contribution in [-0.4, -0.2) is 11.4 Å². The molecule has 0 saturated heterocycles. The number of benzene rings is 1. The predicted octanol–water partition coefficient (Wildman–Crippen LogP) is 2.87. The minimum absolute atomic E-state index is 0. The molecule has 1 saturated carbocycles. The Morgan fingerprint density at radius 3 is 2.65 bits per heavy atom. The first kappa shape index (κ1) is 15.3. The van der Waals surface area contributed by atoms with E-state index in [0.29, 0.717) is 0 Å². The van der Waals surface area contributed by atoms with Crippen LogP contribution in [0.15, 0.2) is 24.3 Å². The van der Waals surface area contributed by atoms with Gasteiger partial charge in [0, 0.05) is 0 Å². The van der Waals surface area contributed by atoms with Gasteiger partial charge in [0.05, 0.1) is 11.6 Å². The molecule has 3 rings (SSSR count). The average Bonchev–Trinajstić information content (AvgIpc) is 2.87. The lowest BCUT2D eigenvalue weighted by atomic mass is 9.87. The van der Waals surface area contributed by atoms with Gasteiger partial charge in [0.25, 0.3) is 0 Å². The van der Waals surface area contributed by atoms with Crippen LogP contribution in [0.1, 0.15) is 55.7 Å². The van der Waals surface area contributed by atoms with Gasteiger partial charge in [-0.25, -0.2) is 0 Å². The fourth-order valence-electron chi connectivity index (χ4n) is 3.44. The molecule has 1 atom stereocenters. The van der Waals surface area contributed by atoms with E-state index in [2.05, 4.69) is 29.6 Å². The Kier molecular flexibility index (Phi) is 4.71. The van der Waals surface area contributed by atoms with Crippen molar-refractivity contribution in [1.82, 2.24) is 5.32 Å². The van der Waals surface area contributed by atoms with E-state index in [1.54, 1.807) is 0 Å². The van der Waals surface area contributed by atoms with Crippen LogP contribution in [0.2, 0.25) is 0 Å². The van der Waals surface area contributed by atoms with Gasteiger partial charge in [-0.15, -0.1) is 12.4 Å². The number of hydrogen-bond donors (Lipinski definition) is 2. The summed E-state index contributed by atoms with van der Waals surface area (Å²) in [4.78, 5) is 12.4. The molecule has 0 bridgehead atoms. The summed E-state index contributed by atoms with van der Waals surface area (Å²) < 4.78 is 0. The second-order valence-corrected chi connectivity index (χ2v) is 5.98. The topological polar surface area (TPSA) is 55.1 Å². The predicted molar refractivity (Wildman–Crippen MR) is 82.9 cm³/mol. The zero-order valence-electron chi connectivity index (χ0n) is 11.7. The Hall–Kier alpha value is -1.06. The van der Waals surface area contributed by atoms with Gasteiger partial charge >= 0.3 is 0 Å². The molecule has 0 radical (unpaired) electrons. The minimum atomic E-state index is -0.619. The lowest BCUT2D eigenvalue weighted by molar-refractivity contribution is -0.127. The van der Waals surface area contributed by atoms with Crippen LogP contribution in [-0.2, 0) is 11.2 Å². The van der Waals surface area contributed by atoms with Crippen molar-refractivity contribution in [1.29, 1.82) is 0 Å². The molecule has 1 unspecified atom stereocenters. The number of halogens is 1. The van der Waals surface area contributed by atoms with Crippen LogP contribution >= 0.6 is 12.4 Å². The van der Waals surface area contributed by atoms with E-state index >= 15 is 0 Å². The molecule has 110 valence electrons. The van der Waals surface area contributed by atoms with Crippen LogP contribution in [0.3, 0.4) is 0 Å². The van der Waals surface area contributed by atoms with Crippen LogP contribution < -0.4 is 11.1 Å². The number of carbonyl (C=O) groups excluding carboxylic acids is 1. The molecular formula is C16H23ClN2O. The highest BCUT2D eigenvalue weighted by atomic mass is 35.5. The summed E-state index contributed by atoms with van der Waals surface area (Å²) in [5.41, 5.74) is 8.26. The normalized spacial score (nSPS) is 23.6. The molecule has 1 fully saturated rings. The van der Waals surface area contributed by atoms with Gasteiger partial charge in [0.2, 0.25) is 5.91 Å². The highest BCUT2D eigenvalue weighted by molar-refractivity contribution is 5.86. The maximum absolute atomic E-state index is 12.4. The number of fused-ring (bicyclic) bond motifs is 1. The molecule has 0 aliphatic heterocycles. The van der Waals surface area contributed by atoms with E-state index in [9.17, 15) is 4.79 Å². The molecule has 20 heavy (non-hydrogen) atoms. The first-order valence-corrected chi connectivity index (χ1v) is 7.37. The minimum Gasteiger partial charge on any atom is -0.348 e. The molecule has 0 heterocycles. The number of rotatable bonds is 2.